The van der Waals surface area contributed by atoms with Crippen molar-refractivity contribution in [3.8, 4) is 0 Å². The van der Waals surface area contributed by atoms with Crippen LogP contribution in [0.5, 0.6) is 0 Å². The van der Waals surface area contributed by atoms with Crippen molar-refractivity contribution < 1.29 is 9.90 Å². The van der Waals surface area contributed by atoms with Crippen LogP contribution in [0.3, 0.4) is 0 Å². The maximum Gasteiger partial charge on any atom is 0.150 e. The zero-order chi connectivity index (χ0) is 12.7. The normalized spacial score (nSPS) is 21.1. The van der Waals surface area contributed by atoms with Crippen LogP contribution < -0.4 is 5.32 Å². The molecule has 0 radical (unpaired) electrons. The third-order valence-electron chi connectivity index (χ3n) is 3.72. The summed E-state index contributed by atoms with van der Waals surface area (Å²) in [7, 11) is 0. The Kier molecular flexibility index (Phi) is 6.75. The van der Waals surface area contributed by atoms with Gasteiger partial charge in [0.25, 0.3) is 0 Å². The van der Waals surface area contributed by atoms with E-state index in [9.17, 15) is 9.90 Å². The van der Waals surface area contributed by atoms with Crippen LogP contribution in [0, 0.1) is 5.92 Å². The third kappa shape index (κ3) is 4.76. The van der Waals surface area contributed by atoms with Crippen molar-refractivity contribution in [3.05, 3.63) is 0 Å². The number of rotatable bonds is 7. The van der Waals surface area contributed by atoms with Gasteiger partial charge in [0.1, 0.15) is 12.0 Å². The Morgan fingerprint density at radius 1 is 1.29 bits per heavy atom. The Hall–Kier alpha value is -0.410. The summed E-state index contributed by atoms with van der Waals surface area (Å²) in [5.74, 6) is 0.718. The Bertz CT molecular complexity index is 224. The van der Waals surface area contributed by atoms with E-state index in [1.54, 1.807) is 0 Å². The van der Waals surface area contributed by atoms with Crippen molar-refractivity contribution in [2.45, 2.75) is 77.5 Å². The molecule has 0 bridgehead atoms. The van der Waals surface area contributed by atoms with Gasteiger partial charge in [0.15, 0.2) is 0 Å². The molecule has 1 rings (SSSR count). The van der Waals surface area contributed by atoms with Gasteiger partial charge < -0.3 is 5.11 Å². The molecule has 0 heterocycles. The van der Waals surface area contributed by atoms with Crippen LogP contribution >= 0.6 is 0 Å². The second-order valence-corrected chi connectivity index (χ2v) is 5.18. The molecule has 1 fully saturated rings. The molecular formula is C14H27NO2. The lowest BCUT2D eigenvalue weighted by Gasteiger charge is -2.31. The van der Waals surface area contributed by atoms with Crippen molar-refractivity contribution in [2.75, 3.05) is 0 Å². The fraction of sp³-hybridized carbons (Fsp3) is 0.929. The van der Waals surface area contributed by atoms with Gasteiger partial charge in [-0.3, -0.25) is 10.1 Å². The molecule has 0 aromatic heterocycles. The Morgan fingerprint density at radius 2 is 1.94 bits per heavy atom. The minimum absolute atomic E-state index is 0.120. The summed E-state index contributed by atoms with van der Waals surface area (Å²) in [4.78, 5) is 12.1. The monoisotopic (exact) mass is 241 g/mol. The lowest BCUT2D eigenvalue weighted by atomic mass is 9.81. The molecule has 0 amide bonds. The predicted octanol–water partition coefficient (Wildman–Crippen LogP) is 2.62. The second kappa shape index (κ2) is 7.83. The van der Waals surface area contributed by atoms with Gasteiger partial charge in [-0.1, -0.05) is 33.1 Å². The largest absolute Gasteiger partial charge is 0.379 e. The summed E-state index contributed by atoms with van der Waals surface area (Å²) in [5, 5.41) is 12.8. The number of hydrogen-bond acceptors (Lipinski definition) is 3. The number of nitrogens with one attached hydrogen (secondary N) is 1. The summed E-state index contributed by atoms with van der Waals surface area (Å²) in [5.41, 5.74) is 0. The van der Waals surface area contributed by atoms with Crippen LogP contribution in [0.1, 0.15) is 65.2 Å². The maximum atomic E-state index is 12.1. The number of aliphatic hydroxyl groups excluding tert-OH is 1. The van der Waals surface area contributed by atoms with Crippen LogP contribution in [-0.4, -0.2) is 23.2 Å². The average Bonchev–Trinajstić information content (AvgIpc) is 2.36. The molecule has 1 saturated carbocycles. The lowest BCUT2D eigenvalue weighted by molar-refractivity contribution is -0.124. The number of hydrogen-bond donors (Lipinski definition) is 2. The molecule has 1 aliphatic carbocycles. The fourth-order valence-electron chi connectivity index (χ4n) is 2.69. The minimum atomic E-state index is -0.539. The molecule has 0 aromatic carbocycles. The second-order valence-electron chi connectivity index (χ2n) is 5.18. The fourth-order valence-corrected chi connectivity index (χ4v) is 2.69. The molecule has 0 saturated heterocycles. The van der Waals surface area contributed by atoms with Crippen LogP contribution in [0.15, 0.2) is 0 Å². The molecule has 2 N–H and O–H groups in total. The van der Waals surface area contributed by atoms with Gasteiger partial charge in [-0.2, -0.15) is 0 Å². The summed E-state index contributed by atoms with van der Waals surface area (Å²) in [6, 6.07) is -0.120. The molecule has 2 atom stereocenters. The highest BCUT2D eigenvalue weighted by atomic mass is 16.3. The molecule has 2 unspecified atom stereocenters. The number of carbonyl (C=O) groups excluding carboxylic acids is 1. The van der Waals surface area contributed by atoms with Crippen molar-refractivity contribution >= 4 is 5.78 Å². The Morgan fingerprint density at radius 3 is 2.47 bits per heavy atom. The van der Waals surface area contributed by atoms with E-state index >= 15 is 0 Å². The first-order chi connectivity index (χ1) is 8.19. The smallest absolute Gasteiger partial charge is 0.150 e. The van der Waals surface area contributed by atoms with Gasteiger partial charge in [-0.15, -0.1) is 0 Å². The van der Waals surface area contributed by atoms with Crippen LogP contribution in [0.25, 0.3) is 0 Å². The molecule has 3 heteroatoms. The summed E-state index contributed by atoms with van der Waals surface area (Å²) >= 11 is 0. The zero-order valence-electron chi connectivity index (χ0n) is 11.2. The number of Topliss-reactive ketones (excluding diaryl/α,β-unsaturated/α-hetero) is 1. The molecule has 1 aliphatic rings. The first-order valence-corrected chi connectivity index (χ1v) is 7.15. The van der Waals surface area contributed by atoms with E-state index < -0.39 is 6.23 Å². The lowest BCUT2D eigenvalue weighted by Crippen LogP contribution is -2.48. The van der Waals surface area contributed by atoms with Gasteiger partial charge in [0.05, 0.1) is 6.04 Å². The highest BCUT2D eigenvalue weighted by molar-refractivity contribution is 5.84. The third-order valence-corrected chi connectivity index (χ3v) is 3.72. The summed E-state index contributed by atoms with van der Waals surface area (Å²) in [6.07, 6.45) is 7.64. The summed E-state index contributed by atoms with van der Waals surface area (Å²) in [6.45, 7) is 3.96. The summed E-state index contributed by atoms with van der Waals surface area (Å²) < 4.78 is 0. The zero-order valence-corrected chi connectivity index (χ0v) is 11.2. The molecule has 0 aliphatic heterocycles. The molecule has 17 heavy (non-hydrogen) atoms. The maximum absolute atomic E-state index is 12.1. The molecule has 0 spiro atoms. The van der Waals surface area contributed by atoms with Gasteiger partial charge >= 0.3 is 0 Å². The average molecular weight is 241 g/mol. The first-order valence-electron chi connectivity index (χ1n) is 7.15. The number of aliphatic hydroxyl groups is 1. The van der Waals surface area contributed by atoms with Crippen molar-refractivity contribution in [2.24, 2.45) is 5.92 Å². The SMILES string of the molecule is CCCC(=O)C(NC(O)CC)C1CCCCC1. The molecule has 100 valence electrons. The highest BCUT2D eigenvalue weighted by Gasteiger charge is 2.29. The number of ketones is 1. The molecule has 0 aromatic rings. The Labute approximate surface area is 105 Å². The minimum Gasteiger partial charge on any atom is -0.379 e. The predicted molar refractivity (Wildman–Crippen MR) is 69.7 cm³/mol. The number of carbonyl (C=O) groups is 1. The van der Waals surface area contributed by atoms with E-state index in [0.29, 0.717) is 18.8 Å². The van der Waals surface area contributed by atoms with Crippen molar-refractivity contribution in [1.82, 2.24) is 5.32 Å². The quantitative estimate of drug-likeness (QED) is 0.674. The Balaban J connectivity index is 2.59. The van der Waals surface area contributed by atoms with Gasteiger partial charge in [-0.25, -0.2) is 0 Å². The first kappa shape index (κ1) is 14.7. The van der Waals surface area contributed by atoms with E-state index in [1.165, 1.54) is 19.3 Å². The van der Waals surface area contributed by atoms with E-state index in [-0.39, 0.29) is 11.8 Å². The van der Waals surface area contributed by atoms with Crippen LogP contribution in [-0.2, 0) is 4.79 Å². The van der Waals surface area contributed by atoms with Gasteiger partial charge in [0, 0.05) is 6.42 Å². The topological polar surface area (TPSA) is 49.3 Å². The van der Waals surface area contributed by atoms with E-state index in [0.717, 1.165) is 19.3 Å². The highest BCUT2D eigenvalue weighted by Crippen LogP contribution is 2.27. The van der Waals surface area contributed by atoms with E-state index in [1.807, 2.05) is 13.8 Å². The van der Waals surface area contributed by atoms with E-state index in [2.05, 4.69) is 5.32 Å². The van der Waals surface area contributed by atoms with E-state index in [4.69, 9.17) is 0 Å². The standard InChI is InChI=1S/C14H27NO2/c1-3-8-12(16)14(15-13(17)4-2)11-9-6-5-7-10-11/h11,13-15,17H,3-10H2,1-2H3. The molecular weight excluding hydrogens is 214 g/mol. The van der Waals surface area contributed by atoms with Crippen LogP contribution in [0.4, 0.5) is 0 Å². The van der Waals surface area contributed by atoms with Crippen molar-refractivity contribution in [1.29, 1.82) is 0 Å². The molecule has 3 nitrogen and oxygen atoms in total. The van der Waals surface area contributed by atoms with Gasteiger partial charge in [0.2, 0.25) is 0 Å². The van der Waals surface area contributed by atoms with Gasteiger partial charge in [-0.05, 0) is 31.6 Å². The van der Waals surface area contributed by atoms with Crippen molar-refractivity contribution in [3.63, 3.8) is 0 Å². The van der Waals surface area contributed by atoms with Crippen LogP contribution in [0.2, 0.25) is 0 Å².